The van der Waals surface area contributed by atoms with Crippen LogP contribution in [0.2, 0.25) is 0 Å². The van der Waals surface area contributed by atoms with Gasteiger partial charge in [-0.15, -0.1) is 0 Å². The van der Waals surface area contributed by atoms with Crippen LogP contribution >= 0.6 is 0 Å². The maximum atomic E-state index is 4.93. The van der Waals surface area contributed by atoms with E-state index in [1.54, 1.807) is 6.20 Å². The van der Waals surface area contributed by atoms with Gasteiger partial charge in [0.2, 0.25) is 0 Å². The van der Waals surface area contributed by atoms with Crippen LogP contribution < -0.4 is 15.5 Å². The normalized spacial score (nSPS) is 15.9. The van der Waals surface area contributed by atoms with E-state index in [-0.39, 0.29) is 5.54 Å². The van der Waals surface area contributed by atoms with Crippen LogP contribution in [0.5, 0.6) is 0 Å². The second-order valence-electron chi connectivity index (χ2n) is 8.60. The van der Waals surface area contributed by atoms with E-state index in [0.29, 0.717) is 6.54 Å². The Kier molecular flexibility index (Phi) is 5.03. The molecule has 3 N–H and O–H groups in total. The molecule has 1 saturated heterocycles. The molecule has 0 bridgehead atoms. The Bertz CT molecular complexity index is 1180. The van der Waals surface area contributed by atoms with Gasteiger partial charge in [0.05, 0.1) is 12.2 Å². The molecule has 0 saturated carbocycles. The van der Waals surface area contributed by atoms with Crippen molar-refractivity contribution in [1.29, 1.82) is 0 Å². The first-order chi connectivity index (χ1) is 15.1. The number of aromatic amines is 1. The zero-order valence-electron chi connectivity index (χ0n) is 17.9. The maximum Gasteiger partial charge on any atom is 0.139 e. The van der Waals surface area contributed by atoms with E-state index in [1.807, 2.05) is 30.7 Å². The first-order valence-corrected chi connectivity index (χ1v) is 10.7. The Morgan fingerprint density at radius 2 is 2.06 bits per heavy atom. The van der Waals surface area contributed by atoms with Gasteiger partial charge in [0.25, 0.3) is 0 Å². The Labute approximate surface area is 182 Å². The average molecular weight is 414 g/mol. The van der Waals surface area contributed by atoms with E-state index in [0.717, 1.165) is 59.0 Å². The molecule has 5 rings (SSSR count). The number of H-pyrrole nitrogens is 1. The summed E-state index contributed by atoms with van der Waals surface area (Å²) in [6.45, 7) is 7.98. The lowest BCUT2D eigenvalue weighted by Gasteiger charge is -2.39. The zero-order chi connectivity index (χ0) is 21.3. The van der Waals surface area contributed by atoms with Crippen molar-refractivity contribution < 1.29 is 0 Å². The smallest absolute Gasteiger partial charge is 0.139 e. The van der Waals surface area contributed by atoms with E-state index < -0.39 is 0 Å². The van der Waals surface area contributed by atoms with Crippen LogP contribution in [0.3, 0.4) is 0 Å². The van der Waals surface area contributed by atoms with Crippen LogP contribution in [-0.4, -0.2) is 45.1 Å². The molecule has 0 radical (unpaired) electrons. The molecule has 0 atom stereocenters. The molecule has 0 spiro atoms. The molecule has 158 valence electrons. The van der Waals surface area contributed by atoms with E-state index in [9.17, 15) is 0 Å². The standard InChI is InChI=1S/C24H27N7/c1-24(2)16-31(12-11-29-24)21-7-3-6-18(30-21)14-27-20-8-10-26-23-22(20)19(15-28-23)17-5-4-9-25-13-17/h3-10,13,15,29H,11-12,14,16H2,1-2H3,(H2,26,27,28). The molecule has 5 heterocycles. The van der Waals surface area contributed by atoms with E-state index >= 15 is 0 Å². The predicted octanol–water partition coefficient (Wildman–Crippen LogP) is 3.82. The molecule has 7 heteroatoms. The molecule has 0 aromatic carbocycles. The number of pyridine rings is 3. The second-order valence-corrected chi connectivity index (χ2v) is 8.60. The summed E-state index contributed by atoms with van der Waals surface area (Å²) in [6, 6.07) is 12.3. The lowest BCUT2D eigenvalue weighted by molar-refractivity contribution is 0.351. The third-order valence-electron chi connectivity index (χ3n) is 5.69. The summed E-state index contributed by atoms with van der Waals surface area (Å²) in [4.78, 5) is 19.3. The molecule has 1 aliphatic heterocycles. The minimum atomic E-state index is 0.0911. The molecular weight excluding hydrogens is 386 g/mol. The van der Waals surface area contributed by atoms with Crippen molar-refractivity contribution in [3.63, 3.8) is 0 Å². The number of piperazine rings is 1. The van der Waals surface area contributed by atoms with Crippen LogP contribution in [0.15, 0.2) is 61.2 Å². The summed E-state index contributed by atoms with van der Waals surface area (Å²) in [5.41, 5.74) is 5.13. The fourth-order valence-corrected chi connectivity index (χ4v) is 4.22. The van der Waals surface area contributed by atoms with Crippen molar-refractivity contribution in [1.82, 2.24) is 25.3 Å². The molecule has 4 aromatic rings. The maximum absolute atomic E-state index is 4.93. The van der Waals surface area contributed by atoms with E-state index in [1.165, 1.54) is 0 Å². The van der Waals surface area contributed by atoms with Crippen LogP contribution in [0.4, 0.5) is 11.5 Å². The number of nitrogens with one attached hydrogen (secondary N) is 3. The molecule has 31 heavy (non-hydrogen) atoms. The lowest BCUT2D eigenvalue weighted by atomic mass is 10.0. The summed E-state index contributed by atoms with van der Waals surface area (Å²) in [7, 11) is 0. The highest BCUT2D eigenvalue weighted by molar-refractivity contribution is 6.02. The van der Waals surface area contributed by atoms with Crippen molar-refractivity contribution in [2.24, 2.45) is 0 Å². The Hall–Kier alpha value is -3.45. The summed E-state index contributed by atoms with van der Waals surface area (Å²) in [5, 5.41) is 8.20. The summed E-state index contributed by atoms with van der Waals surface area (Å²) in [5.74, 6) is 1.03. The second kappa shape index (κ2) is 8.00. The minimum Gasteiger partial charge on any atom is -0.379 e. The number of aromatic nitrogens is 4. The number of fused-ring (bicyclic) bond motifs is 1. The van der Waals surface area contributed by atoms with Gasteiger partial charge in [-0.1, -0.05) is 12.1 Å². The van der Waals surface area contributed by atoms with Gasteiger partial charge in [0, 0.05) is 72.2 Å². The predicted molar refractivity (Wildman–Crippen MR) is 125 cm³/mol. The summed E-state index contributed by atoms with van der Waals surface area (Å²) in [6.07, 6.45) is 7.47. The topological polar surface area (TPSA) is 81.8 Å². The number of hydrogen-bond acceptors (Lipinski definition) is 6. The highest BCUT2D eigenvalue weighted by Crippen LogP contribution is 2.32. The molecule has 4 aromatic heterocycles. The minimum absolute atomic E-state index is 0.0911. The van der Waals surface area contributed by atoms with Crippen LogP contribution in [-0.2, 0) is 6.54 Å². The average Bonchev–Trinajstić information content (AvgIpc) is 3.23. The molecule has 0 unspecified atom stereocenters. The van der Waals surface area contributed by atoms with Crippen molar-refractivity contribution in [2.75, 3.05) is 29.9 Å². The SMILES string of the molecule is CC1(C)CN(c2cccc(CNc3ccnc4[nH]cc(-c5cccnc5)c34)n2)CCN1. The fraction of sp³-hybridized carbons (Fsp3) is 0.292. The number of rotatable bonds is 5. The molecular formula is C24H27N7. The van der Waals surface area contributed by atoms with Crippen molar-refractivity contribution >= 4 is 22.5 Å². The van der Waals surface area contributed by atoms with Crippen LogP contribution in [0.1, 0.15) is 19.5 Å². The van der Waals surface area contributed by atoms with Gasteiger partial charge in [0.15, 0.2) is 0 Å². The van der Waals surface area contributed by atoms with Crippen LogP contribution in [0.25, 0.3) is 22.2 Å². The van der Waals surface area contributed by atoms with Crippen molar-refractivity contribution in [3.8, 4) is 11.1 Å². The lowest BCUT2D eigenvalue weighted by Crippen LogP contribution is -2.57. The number of nitrogens with zero attached hydrogens (tertiary/aromatic N) is 4. The quantitative estimate of drug-likeness (QED) is 0.461. The number of hydrogen-bond donors (Lipinski definition) is 3. The monoisotopic (exact) mass is 413 g/mol. The fourth-order valence-electron chi connectivity index (χ4n) is 4.22. The zero-order valence-corrected chi connectivity index (χ0v) is 17.9. The molecule has 1 aliphatic rings. The van der Waals surface area contributed by atoms with Gasteiger partial charge in [-0.25, -0.2) is 9.97 Å². The Balaban J connectivity index is 1.39. The third-order valence-corrected chi connectivity index (χ3v) is 5.69. The first-order valence-electron chi connectivity index (χ1n) is 10.7. The van der Waals surface area contributed by atoms with Crippen LogP contribution in [0, 0.1) is 0 Å². The number of anilines is 2. The van der Waals surface area contributed by atoms with Crippen molar-refractivity contribution in [3.05, 3.63) is 66.9 Å². The highest BCUT2D eigenvalue weighted by atomic mass is 15.3. The molecule has 0 amide bonds. The van der Waals surface area contributed by atoms with Gasteiger partial charge in [-0.2, -0.15) is 0 Å². The Morgan fingerprint density at radius 1 is 1.13 bits per heavy atom. The Morgan fingerprint density at radius 3 is 2.90 bits per heavy atom. The van der Waals surface area contributed by atoms with Gasteiger partial charge in [0.1, 0.15) is 11.5 Å². The highest BCUT2D eigenvalue weighted by Gasteiger charge is 2.26. The summed E-state index contributed by atoms with van der Waals surface area (Å²) >= 11 is 0. The van der Waals surface area contributed by atoms with Gasteiger partial charge >= 0.3 is 0 Å². The summed E-state index contributed by atoms with van der Waals surface area (Å²) < 4.78 is 0. The van der Waals surface area contributed by atoms with E-state index in [4.69, 9.17) is 4.98 Å². The molecule has 1 fully saturated rings. The van der Waals surface area contributed by atoms with Gasteiger partial charge in [-0.05, 0) is 38.1 Å². The first kappa shape index (κ1) is 19.5. The van der Waals surface area contributed by atoms with Gasteiger partial charge in [-0.3, -0.25) is 4.98 Å². The van der Waals surface area contributed by atoms with Gasteiger partial charge < -0.3 is 20.5 Å². The van der Waals surface area contributed by atoms with E-state index in [2.05, 4.69) is 68.6 Å². The largest absolute Gasteiger partial charge is 0.379 e. The van der Waals surface area contributed by atoms with Crippen molar-refractivity contribution in [2.45, 2.75) is 25.9 Å². The third kappa shape index (κ3) is 4.09. The molecule has 0 aliphatic carbocycles. The molecule has 7 nitrogen and oxygen atoms in total.